The van der Waals surface area contributed by atoms with Gasteiger partial charge in [-0.15, -0.1) is 0 Å². The van der Waals surface area contributed by atoms with Gasteiger partial charge >= 0.3 is 0 Å². The van der Waals surface area contributed by atoms with Gasteiger partial charge < -0.3 is 10.2 Å². The van der Waals surface area contributed by atoms with E-state index in [9.17, 15) is 13.2 Å². The van der Waals surface area contributed by atoms with Crippen molar-refractivity contribution in [2.45, 2.75) is 81.6 Å². The summed E-state index contributed by atoms with van der Waals surface area (Å²) in [4.78, 5) is 15.4. The molecular formula is C23H35N3O3S. The highest BCUT2D eigenvalue weighted by Gasteiger charge is 2.31. The molecule has 4 rings (SSSR count). The summed E-state index contributed by atoms with van der Waals surface area (Å²) in [5.74, 6) is -0.151. The summed E-state index contributed by atoms with van der Waals surface area (Å²) in [6.07, 6.45) is 11.8. The molecule has 1 aromatic rings. The Morgan fingerprint density at radius 2 is 1.43 bits per heavy atom. The van der Waals surface area contributed by atoms with Gasteiger partial charge in [0.1, 0.15) is 4.90 Å². The van der Waals surface area contributed by atoms with Gasteiger partial charge in [0.2, 0.25) is 10.0 Å². The summed E-state index contributed by atoms with van der Waals surface area (Å²) in [5.41, 5.74) is 1.21. The van der Waals surface area contributed by atoms with Gasteiger partial charge in [-0.05, 0) is 63.1 Å². The molecule has 0 atom stereocenters. The summed E-state index contributed by atoms with van der Waals surface area (Å²) in [6.45, 7) is 2.88. The molecule has 1 aliphatic carbocycles. The third-order valence-corrected chi connectivity index (χ3v) is 8.72. The Bertz CT molecular complexity index is 837. The van der Waals surface area contributed by atoms with E-state index in [1.165, 1.54) is 12.8 Å². The quantitative estimate of drug-likeness (QED) is 0.764. The van der Waals surface area contributed by atoms with E-state index in [1.807, 2.05) is 6.07 Å². The highest BCUT2D eigenvalue weighted by molar-refractivity contribution is 7.89. The van der Waals surface area contributed by atoms with Crippen LogP contribution in [0.25, 0.3) is 0 Å². The Hall–Kier alpha value is -1.60. The van der Waals surface area contributed by atoms with Crippen LogP contribution in [-0.4, -0.2) is 50.9 Å². The number of carbonyl (C=O) groups is 1. The number of anilines is 1. The van der Waals surface area contributed by atoms with E-state index >= 15 is 0 Å². The fourth-order valence-electron chi connectivity index (χ4n) is 5.02. The lowest BCUT2D eigenvalue weighted by atomic mass is 9.95. The minimum absolute atomic E-state index is 0.151. The molecule has 6 nitrogen and oxygen atoms in total. The molecule has 1 amide bonds. The minimum atomic E-state index is -3.62. The molecule has 1 saturated carbocycles. The Kier molecular flexibility index (Phi) is 6.98. The average molecular weight is 434 g/mol. The van der Waals surface area contributed by atoms with Crippen molar-refractivity contribution in [1.29, 1.82) is 0 Å². The van der Waals surface area contributed by atoms with Crippen molar-refractivity contribution in [3.8, 4) is 0 Å². The number of benzene rings is 1. The molecule has 0 aromatic heterocycles. The second-order valence-electron chi connectivity index (χ2n) is 9.00. The maximum Gasteiger partial charge on any atom is 0.251 e. The van der Waals surface area contributed by atoms with E-state index < -0.39 is 10.0 Å². The lowest BCUT2D eigenvalue weighted by Gasteiger charge is -2.33. The Balaban J connectivity index is 1.64. The molecule has 166 valence electrons. The number of rotatable bonds is 5. The van der Waals surface area contributed by atoms with Gasteiger partial charge in [0.05, 0.1) is 5.69 Å². The number of amides is 1. The van der Waals surface area contributed by atoms with Gasteiger partial charge in [-0.3, -0.25) is 4.79 Å². The lowest BCUT2D eigenvalue weighted by molar-refractivity contribution is 0.0927. The predicted octanol–water partition coefficient (Wildman–Crippen LogP) is 3.91. The van der Waals surface area contributed by atoms with Crippen LogP contribution in [0.4, 0.5) is 5.69 Å². The molecule has 2 aliphatic heterocycles. The molecule has 30 heavy (non-hydrogen) atoms. The van der Waals surface area contributed by atoms with Crippen molar-refractivity contribution >= 4 is 21.6 Å². The monoisotopic (exact) mass is 433 g/mol. The zero-order chi connectivity index (χ0) is 21.0. The summed E-state index contributed by atoms with van der Waals surface area (Å²) in [6, 6.07) is 5.50. The zero-order valence-electron chi connectivity index (χ0n) is 17.9. The molecule has 3 aliphatic rings. The van der Waals surface area contributed by atoms with Crippen molar-refractivity contribution < 1.29 is 13.2 Å². The topological polar surface area (TPSA) is 69.7 Å². The summed E-state index contributed by atoms with van der Waals surface area (Å²) < 4.78 is 28.8. The predicted molar refractivity (Wildman–Crippen MR) is 119 cm³/mol. The first-order valence-electron chi connectivity index (χ1n) is 11.8. The Morgan fingerprint density at radius 3 is 2.10 bits per heavy atom. The standard InChI is InChI=1S/C23H35N3O3S/c27-23(24-20-10-4-1-5-11-20)19-12-13-21(25-14-6-2-7-15-25)22(18-19)30(28,29)26-16-8-3-9-17-26/h12-13,18,20H,1-11,14-17H2,(H,24,27). The molecular weight excluding hydrogens is 398 g/mol. The van der Waals surface area contributed by atoms with Gasteiger partial charge in [-0.1, -0.05) is 25.7 Å². The SMILES string of the molecule is O=C(NC1CCCCC1)c1ccc(N2CCCCC2)c(S(=O)(=O)N2CCCCC2)c1. The van der Waals surface area contributed by atoms with Crippen LogP contribution >= 0.6 is 0 Å². The maximum atomic E-state index is 13.6. The van der Waals surface area contributed by atoms with E-state index in [-0.39, 0.29) is 11.9 Å². The van der Waals surface area contributed by atoms with Crippen LogP contribution in [0.5, 0.6) is 0 Å². The Labute approximate surface area is 181 Å². The van der Waals surface area contributed by atoms with E-state index in [1.54, 1.807) is 16.4 Å². The first-order chi connectivity index (χ1) is 14.6. The van der Waals surface area contributed by atoms with Crippen molar-refractivity contribution in [2.24, 2.45) is 0 Å². The van der Waals surface area contributed by atoms with Crippen LogP contribution in [0.2, 0.25) is 0 Å². The lowest BCUT2D eigenvalue weighted by Crippen LogP contribution is -2.38. The third-order valence-electron chi connectivity index (χ3n) is 6.79. The molecule has 3 fully saturated rings. The second kappa shape index (κ2) is 9.69. The molecule has 2 heterocycles. The van der Waals surface area contributed by atoms with Crippen LogP contribution in [-0.2, 0) is 10.0 Å². The van der Waals surface area contributed by atoms with Crippen molar-refractivity contribution in [1.82, 2.24) is 9.62 Å². The highest BCUT2D eigenvalue weighted by atomic mass is 32.2. The average Bonchev–Trinajstić information content (AvgIpc) is 2.80. The highest BCUT2D eigenvalue weighted by Crippen LogP contribution is 2.32. The molecule has 7 heteroatoms. The minimum Gasteiger partial charge on any atom is -0.370 e. The largest absolute Gasteiger partial charge is 0.370 e. The van der Waals surface area contributed by atoms with Crippen molar-refractivity contribution in [3.63, 3.8) is 0 Å². The van der Waals surface area contributed by atoms with E-state index in [2.05, 4.69) is 10.2 Å². The number of hydrogen-bond acceptors (Lipinski definition) is 4. The molecule has 0 bridgehead atoms. The number of hydrogen-bond donors (Lipinski definition) is 1. The Morgan fingerprint density at radius 1 is 0.833 bits per heavy atom. The molecule has 0 spiro atoms. The third kappa shape index (κ3) is 4.83. The molecule has 1 aromatic carbocycles. The number of sulfonamides is 1. The van der Waals surface area contributed by atoms with Crippen LogP contribution in [0.3, 0.4) is 0 Å². The molecule has 0 unspecified atom stereocenters. The zero-order valence-corrected chi connectivity index (χ0v) is 18.8. The van der Waals surface area contributed by atoms with Gasteiger partial charge in [-0.25, -0.2) is 8.42 Å². The summed E-state index contributed by atoms with van der Waals surface area (Å²) in [7, 11) is -3.62. The van der Waals surface area contributed by atoms with Gasteiger partial charge in [0.15, 0.2) is 0 Å². The van der Waals surface area contributed by atoms with Gasteiger partial charge in [0, 0.05) is 37.8 Å². The fourth-order valence-corrected chi connectivity index (χ4v) is 6.77. The number of piperidine rings is 2. The fraction of sp³-hybridized carbons (Fsp3) is 0.696. The first kappa shape index (κ1) is 21.6. The van der Waals surface area contributed by atoms with Gasteiger partial charge in [-0.2, -0.15) is 4.31 Å². The second-order valence-corrected chi connectivity index (χ2v) is 10.9. The van der Waals surface area contributed by atoms with Crippen LogP contribution in [0.15, 0.2) is 23.1 Å². The van der Waals surface area contributed by atoms with E-state index in [0.29, 0.717) is 23.5 Å². The summed E-state index contributed by atoms with van der Waals surface area (Å²) in [5, 5.41) is 3.13. The normalized spacial score (nSPS) is 22.1. The smallest absolute Gasteiger partial charge is 0.251 e. The maximum absolute atomic E-state index is 13.6. The number of carbonyl (C=O) groups excluding carboxylic acids is 1. The van der Waals surface area contributed by atoms with Crippen LogP contribution in [0, 0.1) is 0 Å². The van der Waals surface area contributed by atoms with Gasteiger partial charge in [0.25, 0.3) is 5.91 Å². The van der Waals surface area contributed by atoms with Crippen molar-refractivity contribution in [3.05, 3.63) is 23.8 Å². The molecule has 1 N–H and O–H groups in total. The van der Waals surface area contributed by atoms with E-state index in [4.69, 9.17) is 0 Å². The van der Waals surface area contributed by atoms with Crippen LogP contribution < -0.4 is 10.2 Å². The molecule has 0 radical (unpaired) electrons. The summed E-state index contributed by atoms with van der Waals surface area (Å²) >= 11 is 0. The first-order valence-corrected chi connectivity index (χ1v) is 13.2. The number of nitrogens with zero attached hydrogens (tertiary/aromatic N) is 2. The van der Waals surface area contributed by atoms with Crippen LogP contribution in [0.1, 0.15) is 81.0 Å². The number of nitrogens with one attached hydrogen (secondary N) is 1. The van der Waals surface area contributed by atoms with Crippen molar-refractivity contribution in [2.75, 3.05) is 31.1 Å². The van der Waals surface area contributed by atoms with E-state index in [0.717, 1.165) is 76.6 Å². The molecule has 2 saturated heterocycles.